The van der Waals surface area contributed by atoms with Crippen LogP contribution < -0.4 is 10.4 Å². The number of hydrogen-bond donors (Lipinski definition) is 0. The van der Waals surface area contributed by atoms with E-state index in [4.69, 9.17) is 13.9 Å². The van der Waals surface area contributed by atoms with E-state index in [-0.39, 0.29) is 13.2 Å². The van der Waals surface area contributed by atoms with E-state index in [2.05, 4.69) is 0 Å². The average Bonchev–Trinajstić information content (AvgIpc) is 2.66. The van der Waals surface area contributed by atoms with Gasteiger partial charge in [-0.1, -0.05) is 31.2 Å². The van der Waals surface area contributed by atoms with E-state index in [1.807, 2.05) is 57.2 Å². The van der Waals surface area contributed by atoms with Crippen molar-refractivity contribution in [2.24, 2.45) is 0 Å². The lowest BCUT2D eigenvalue weighted by Gasteiger charge is -2.11. The summed E-state index contributed by atoms with van der Waals surface area (Å²) in [5.41, 5.74) is 3.80. The standard InChI is InChI=1S/C22H22O5/c1-4-16-8-9-18-17(11-21(23)27-20(18)10-16)12-26-22(24)13-25-19-7-5-6-14(2)15(19)3/h5-11H,4,12-13H2,1-3H3. The van der Waals surface area contributed by atoms with E-state index in [1.54, 1.807) is 0 Å². The molecule has 0 unspecified atom stereocenters. The van der Waals surface area contributed by atoms with Crippen molar-refractivity contribution in [1.82, 2.24) is 0 Å². The van der Waals surface area contributed by atoms with Crippen molar-refractivity contribution in [1.29, 1.82) is 0 Å². The summed E-state index contributed by atoms with van der Waals surface area (Å²) in [6.07, 6.45) is 0.842. The average molecular weight is 366 g/mol. The first-order valence-electron chi connectivity index (χ1n) is 8.88. The van der Waals surface area contributed by atoms with Crippen molar-refractivity contribution in [3.8, 4) is 5.75 Å². The molecule has 3 aromatic rings. The maximum absolute atomic E-state index is 12.1. The lowest BCUT2D eigenvalue weighted by molar-refractivity contribution is -0.147. The van der Waals surface area contributed by atoms with Crippen LogP contribution in [0.3, 0.4) is 0 Å². The Kier molecular flexibility index (Phi) is 5.60. The van der Waals surface area contributed by atoms with E-state index in [0.29, 0.717) is 16.9 Å². The van der Waals surface area contributed by atoms with Gasteiger partial charge in [-0.3, -0.25) is 0 Å². The Balaban J connectivity index is 1.68. The fourth-order valence-electron chi connectivity index (χ4n) is 2.83. The van der Waals surface area contributed by atoms with Crippen LogP contribution in [0.1, 0.15) is 29.2 Å². The predicted octanol–water partition coefficient (Wildman–Crippen LogP) is 4.09. The summed E-state index contributed by atoms with van der Waals surface area (Å²) in [7, 11) is 0. The molecule has 0 fully saturated rings. The maximum atomic E-state index is 12.1. The lowest BCUT2D eigenvalue weighted by Crippen LogP contribution is -2.16. The van der Waals surface area contributed by atoms with Gasteiger partial charge in [0.15, 0.2) is 6.61 Å². The number of benzene rings is 2. The summed E-state index contributed by atoms with van der Waals surface area (Å²) in [5, 5.41) is 0.759. The van der Waals surface area contributed by atoms with Gasteiger partial charge in [-0.05, 0) is 49.1 Å². The second kappa shape index (κ2) is 8.08. The fourth-order valence-corrected chi connectivity index (χ4v) is 2.83. The SMILES string of the molecule is CCc1ccc2c(COC(=O)COc3cccc(C)c3C)cc(=O)oc2c1. The minimum atomic E-state index is -0.498. The van der Waals surface area contributed by atoms with Crippen molar-refractivity contribution < 1.29 is 18.7 Å². The van der Waals surface area contributed by atoms with E-state index in [0.717, 1.165) is 28.5 Å². The van der Waals surface area contributed by atoms with Crippen molar-refractivity contribution >= 4 is 16.9 Å². The second-order valence-electron chi connectivity index (χ2n) is 6.42. The van der Waals surface area contributed by atoms with Crippen LogP contribution in [0.15, 0.2) is 51.7 Å². The Bertz CT molecular complexity index is 1030. The number of carbonyl (C=O) groups excluding carboxylic acids is 1. The van der Waals surface area contributed by atoms with Crippen molar-refractivity contribution in [3.05, 3.63) is 75.1 Å². The molecule has 3 rings (SSSR count). The van der Waals surface area contributed by atoms with Gasteiger partial charge in [0, 0.05) is 17.0 Å². The molecule has 0 aliphatic carbocycles. The third-order valence-electron chi connectivity index (χ3n) is 4.59. The molecule has 1 aromatic heterocycles. The highest BCUT2D eigenvalue weighted by molar-refractivity contribution is 5.81. The molecule has 0 spiro atoms. The van der Waals surface area contributed by atoms with Crippen LogP contribution in [-0.2, 0) is 22.6 Å². The molecule has 1 heterocycles. The van der Waals surface area contributed by atoms with Gasteiger partial charge in [-0.2, -0.15) is 0 Å². The zero-order valence-electron chi connectivity index (χ0n) is 15.7. The Labute approximate surface area is 157 Å². The van der Waals surface area contributed by atoms with Crippen LogP contribution in [0.25, 0.3) is 11.0 Å². The molecule has 140 valence electrons. The van der Waals surface area contributed by atoms with Crippen molar-refractivity contribution in [2.75, 3.05) is 6.61 Å². The van der Waals surface area contributed by atoms with Crippen molar-refractivity contribution in [3.63, 3.8) is 0 Å². The molecule has 0 bridgehead atoms. The molecule has 0 aliphatic rings. The summed E-state index contributed by atoms with van der Waals surface area (Å²) >= 11 is 0. The summed E-state index contributed by atoms with van der Waals surface area (Å²) in [6.45, 7) is 5.75. The maximum Gasteiger partial charge on any atom is 0.344 e. The molecule has 0 atom stereocenters. The molecular weight excluding hydrogens is 344 g/mol. The van der Waals surface area contributed by atoms with Gasteiger partial charge in [-0.25, -0.2) is 9.59 Å². The topological polar surface area (TPSA) is 65.7 Å². The summed E-state index contributed by atoms with van der Waals surface area (Å²) in [5.74, 6) is 0.160. The van der Waals surface area contributed by atoms with E-state index in [9.17, 15) is 9.59 Å². The number of aryl methyl sites for hydroxylation is 2. The first-order valence-corrected chi connectivity index (χ1v) is 8.88. The third-order valence-corrected chi connectivity index (χ3v) is 4.59. The first kappa shape index (κ1) is 18.7. The van der Waals surface area contributed by atoms with Crippen LogP contribution in [0.4, 0.5) is 0 Å². The van der Waals surface area contributed by atoms with Crippen molar-refractivity contribution in [2.45, 2.75) is 33.8 Å². The number of hydrogen-bond acceptors (Lipinski definition) is 5. The Hall–Kier alpha value is -3.08. The number of fused-ring (bicyclic) bond motifs is 1. The number of carbonyl (C=O) groups is 1. The Morgan fingerprint density at radius 1 is 1.11 bits per heavy atom. The molecular formula is C22H22O5. The summed E-state index contributed by atoms with van der Waals surface area (Å²) in [6, 6.07) is 12.7. The molecule has 0 radical (unpaired) electrons. The molecule has 0 N–H and O–H groups in total. The minimum absolute atomic E-state index is 0.0113. The lowest BCUT2D eigenvalue weighted by atomic mass is 10.1. The van der Waals surface area contributed by atoms with Gasteiger partial charge < -0.3 is 13.9 Å². The summed E-state index contributed by atoms with van der Waals surface area (Å²) in [4.78, 5) is 23.9. The Morgan fingerprint density at radius 2 is 1.93 bits per heavy atom. The highest BCUT2D eigenvalue weighted by Gasteiger charge is 2.11. The van der Waals surface area contributed by atoms with E-state index >= 15 is 0 Å². The highest BCUT2D eigenvalue weighted by Crippen LogP contribution is 2.21. The predicted molar refractivity (Wildman–Crippen MR) is 103 cm³/mol. The molecule has 2 aromatic carbocycles. The van der Waals surface area contributed by atoms with Gasteiger partial charge >= 0.3 is 11.6 Å². The van der Waals surface area contributed by atoms with Gasteiger partial charge in [-0.15, -0.1) is 0 Å². The zero-order valence-corrected chi connectivity index (χ0v) is 15.7. The summed E-state index contributed by atoms with van der Waals surface area (Å²) < 4.78 is 16.1. The zero-order chi connectivity index (χ0) is 19.4. The molecule has 0 saturated heterocycles. The van der Waals surface area contributed by atoms with Gasteiger partial charge in [0.2, 0.25) is 0 Å². The second-order valence-corrected chi connectivity index (χ2v) is 6.42. The molecule has 0 amide bonds. The first-order chi connectivity index (χ1) is 13.0. The van der Waals surface area contributed by atoms with Crippen LogP contribution in [0.2, 0.25) is 0 Å². The van der Waals surface area contributed by atoms with Crippen LogP contribution >= 0.6 is 0 Å². The fraction of sp³-hybridized carbons (Fsp3) is 0.273. The normalized spacial score (nSPS) is 10.8. The van der Waals surface area contributed by atoms with Gasteiger partial charge in [0.05, 0.1) is 0 Å². The van der Waals surface area contributed by atoms with Crippen LogP contribution in [-0.4, -0.2) is 12.6 Å². The quantitative estimate of drug-likeness (QED) is 0.485. The molecule has 5 nitrogen and oxygen atoms in total. The van der Waals surface area contributed by atoms with Gasteiger partial charge in [0.25, 0.3) is 0 Å². The van der Waals surface area contributed by atoms with E-state index < -0.39 is 11.6 Å². The number of esters is 1. The molecule has 27 heavy (non-hydrogen) atoms. The molecule has 5 heteroatoms. The molecule has 0 aliphatic heterocycles. The molecule has 0 saturated carbocycles. The Morgan fingerprint density at radius 3 is 2.70 bits per heavy atom. The highest BCUT2D eigenvalue weighted by atomic mass is 16.6. The van der Waals surface area contributed by atoms with Crippen LogP contribution in [0, 0.1) is 13.8 Å². The monoisotopic (exact) mass is 366 g/mol. The smallest absolute Gasteiger partial charge is 0.344 e. The largest absolute Gasteiger partial charge is 0.482 e. The van der Waals surface area contributed by atoms with E-state index in [1.165, 1.54) is 6.07 Å². The van der Waals surface area contributed by atoms with Gasteiger partial charge in [0.1, 0.15) is 17.9 Å². The number of ether oxygens (including phenoxy) is 2. The minimum Gasteiger partial charge on any atom is -0.482 e. The third kappa shape index (κ3) is 4.37. The van der Waals surface area contributed by atoms with Crippen LogP contribution in [0.5, 0.6) is 5.75 Å². The number of rotatable bonds is 6.